The van der Waals surface area contributed by atoms with E-state index in [1.165, 1.54) is 25.3 Å². The van der Waals surface area contributed by atoms with Crippen LogP contribution in [-0.2, 0) is 14.3 Å². The molecule has 0 fully saturated rings. The summed E-state index contributed by atoms with van der Waals surface area (Å²) in [6.07, 6.45) is 0. The van der Waals surface area contributed by atoms with E-state index in [-0.39, 0.29) is 17.9 Å². The number of hydrogen-bond acceptors (Lipinski definition) is 6. The van der Waals surface area contributed by atoms with Crippen LogP contribution in [0.25, 0.3) is 0 Å². The SMILES string of the molecule is COc1ccc(O)c(C(=O)OCC(=O)NCC(=O)Nc2c(C)cccc2C)c1. The molecular formula is C20H22N2O6. The monoisotopic (exact) mass is 386 g/mol. The Morgan fingerprint density at radius 2 is 1.71 bits per heavy atom. The zero-order valence-electron chi connectivity index (χ0n) is 15.9. The summed E-state index contributed by atoms with van der Waals surface area (Å²) in [7, 11) is 1.42. The van der Waals surface area contributed by atoms with Crippen molar-refractivity contribution >= 4 is 23.5 Å². The summed E-state index contributed by atoms with van der Waals surface area (Å²) in [5.74, 6) is -1.86. The van der Waals surface area contributed by atoms with Gasteiger partial charge in [-0.1, -0.05) is 18.2 Å². The van der Waals surface area contributed by atoms with E-state index in [0.717, 1.165) is 11.1 Å². The lowest BCUT2D eigenvalue weighted by Gasteiger charge is -2.12. The summed E-state index contributed by atoms with van der Waals surface area (Å²) >= 11 is 0. The topological polar surface area (TPSA) is 114 Å². The summed E-state index contributed by atoms with van der Waals surface area (Å²) in [6, 6.07) is 9.69. The summed E-state index contributed by atoms with van der Waals surface area (Å²) in [6.45, 7) is 2.88. The van der Waals surface area contributed by atoms with Crippen LogP contribution in [0, 0.1) is 13.8 Å². The number of amides is 2. The molecule has 0 aliphatic carbocycles. The fraction of sp³-hybridized carbons (Fsp3) is 0.250. The predicted molar refractivity (Wildman–Crippen MR) is 102 cm³/mol. The Hall–Kier alpha value is -3.55. The van der Waals surface area contributed by atoms with E-state index in [2.05, 4.69) is 10.6 Å². The Balaban J connectivity index is 1.83. The fourth-order valence-corrected chi connectivity index (χ4v) is 2.44. The molecule has 0 saturated heterocycles. The van der Waals surface area contributed by atoms with Gasteiger partial charge in [-0.05, 0) is 43.2 Å². The zero-order chi connectivity index (χ0) is 20.7. The van der Waals surface area contributed by atoms with Crippen LogP contribution in [0.3, 0.4) is 0 Å². The van der Waals surface area contributed by atoms with Gasteiger partial charge in [-0.2, -0.15) is 0 Å². The Kier molecular flexibility index (Phi) is 6.97. The van der Waals surface area contributed by atoms with Gasteiger partial charge in [-0.3, -0.25) is 9.59 Å². The quantitative estimate of drug-likeness (QED) is 0.627. The van der Waals surface area contributed by atoms with Gasteiger partial charge >= 0.3 is 5.97 Å². The highest BCUT2D eigenvalue weighted by Gasteiger charge is 2.16. The van der Waals surface area contributed by atoms with Crippen LogP contribution in [-0.4, -0.2) is 43.2 Å². The van der Waals surface area contributed by atoms with E-state index in [9.17, 15) is 19.5 Å². The number of aromatic hydroxyl groups is 1. The van der Waals surface area contributed by atoms with Crippen molar-refractivity contribution in [3.63, 3.8) is 0 Å². The van der Waals surface area contributed by atoms with Crippen LogP contribution < -0.4 is 15.4 Å². The summed E-state index contributed by atoms with van der Waals surface area (Å²) in [5, 5.41) is 14.8. The Morgan fingerprint density at radius 3 is 2.36 bits per heavy atom. The first kappa shape index (κ1) is 20.8. The molecule has 2 aromatic rings. The van der Waals surface area contributed by atoms with Gasteiger partial charge in [-0.25, -0.2) is 4.79 Å². The van der Waals surface area contributed by atoms with E-state index < -0.39 is 24.4 Å². The van der Waals surface area contributed by atoms with Crippen LogP contribution in [0.4, 0.5) is 5.69 Å². The van der Waals surface area contributed by atoms with Crippen molar-refractivity contribution in [3.8, 4) is 11.5 Å². The summed E-state index contributed by atoms with van der Waals surface area (Å²) in [4.78, 5) is 35.8. The number of carbonyl (C=O) groups is 3. The number of phenols is 1. The molecule has 0 bridgehead atoms. The number of hydrogen-bond donors (Lipinski definition) is 3. The fourth-order valence-electron chi connectivity index (χ4n) is 2.44. The van der Waals surface area contributed by atoms with Gasteiger partial charge in [-0.15, -0.1) is 0 Å². The molecule has 0 aliphatic rings. The lowest BCUT2D eigenvalue weighted by molar-refractivity contribution is -0.126. The van der Waals surface area contributed by atoms with Gasteiger partial charge in [0.05, 0.1) is 13.7 Å². The van der Waals surface area contributed by atoms with Gasteiger partial charge in [0.1, 0.15) is 17.1 Å². The highest BCUT2D eigenvalue weighted by atomic mass is 16.5. The van der Waals surface area contributed by atoms with Crippen molar-refractivity contribution in [2.45, 2.75) is 13.8 Å². The molecule has 28 heavy (non-hydrogen) atoms. The van der Waals surface area contributed by atoms with Gasteiger partial charge in [0.2, 0.25) is 5.91 Å². The van der Waals surface area contributed by atoms with Gasteiger partial charge in [0.25, 0.3) is 5.91 Å². The first-order chi connectivity index (χ1) is 13.3. The van der Waals surface area contributed by atoms with Gasteiger partial charge in [0.15, 0.2) is 6.61 Å². The smallest absolute Gasteiger partial charge is 0.342 e. The molecule has 3 N–H and O–H groups in total. The van der Waals surface area contributed by atoms with Crippen molar-refractivity contribution in [1.29, 1.82) is 0 Å². The molecule has 0 saturated carbocycles. The highest BCUT2D eigenvalue weighted by molar-refractivity contribution is 5.97. The van der Waals surface area contributed by atoms with E-state index in [1.807, 2.05) is 32.0 Å². The van der Waals surface area contributed by atoms with Gasteiger partial charge < -0.3 is 25.2 Å². The average Bonchev–Trinajstić information content (AvgIpc) is 2.67. The number of aryl methyl sites for hydroxylation is 2. The second-order valence-electron chi connectivity index (χ2n) is 6.05. The standard InChI is InChI=1S/C20H22N2O6/c1-12-5-4-6-13(2)19(12)22-17(24)10-21-18(25)11-28-20(26)15-9-14(27-3)7-8-16(15)23/h4-9,23H,10-11H2,1-3H3,(H,21,25)(H,22,24). The number of nitrogens with one attached hydrogen (secondary N) is 2. The molecule has 0 radical (unpaired) electrons. The Morgan fingerprint density at radius 1 is 1.04 bits per heavy atom. The molecule has 0 heterocycles. The lowest BCUT2D eigenvalue weighted by atomic mass is 10.1. The first-order valence-electron chi connectivity index (χ1n) is 8.48. The molecule has 2 aromatic carbocycles. The molecule has 0 atom stereocenters. The summed E-state index contributed by atoms with van der Waals surface area (Å²) in [5.41, 5.74) is 2.39. The third-order valence-corrected chi connectivity index (χ3v) is 3.95. The molecular weight excluding hydrogens is 364 g/mol. The molecule has 2 rings (SSSR count). The van der Waals surface area contributed by atoms with E-state index in [1.54, 1.807) is 0 Å². The van der Waals surface area contributed by atoms with Crippen molar-refractivity contribution in [1.82, 2.24) is 5.32 Å². The number of ether oxygens (including phenoxy) is 2. The number of anilines is 1. The minimum Gasteiger partial charge on any atom is -0.507 e. The normalized spacial score (nSPS) is 10.1. The third-order valence-electron chi connectivity index (χ3n) is 3.95. The minimum absolute atomic E-state index is 0.125. The Labute approximate surface area is 162 Å². The molecule has 0 aliphatic heterocycles. The number of rotatable bonds is 7. The second-order valence-corrected chi connectivity index (χ2v) is 6.05. The zero-order valence-corrected chi connectivity index (χ0v) is 15.9. The molecule has 8 heteroatoms. The minimum atomic E-state index is -0.883. The molecule has 148 valence electrons. The summed E-state index contributed by atoms with van der Waals surface area (Å²) < 4.78 is 9.83. The van der Waals surface area contributed by atoms with Crippen LogP contribution in [0.15, 0.2) is 36.4 Å². The van der Waals surface area contributed by atoms with Crippen molar-refractivity contribution < 1.29 is 29.0 Å². The van der Waals surface area contributed by atoms with Crippen molar-refractivity contribution in [3.05, 3.63) is 53.1 Å². The molecule has 0 spiro atoms. The van der Waals surface area contributed by atoms with Crippen LogP contribution in [0.5, 0.6) is 11.5 Å². The molecule has 0 unspecified atom stereocenters. The maximum Gasteiger partial charge on any atom is 0.342 e. The second kappa shape index (κ2) is 9.40. The first-order valence-corrected chi connectivity index (χ1v) is 8.48. The lowest BCUT2D eigenvalue weighted by Crippen LogP contribution is -2.35. The number of benzene rings is 2. The molecule has 0 aromatic heterocycles. The number of phenolic OH excluding ortho intramolecular Hbond substituents is 1. The van der Waals surface area contributed by atoms with Crippen LogP contribution in [0.2, 0.25) is 0 Å². The average molecular weight is 386 g/mol. The number of esters is 1. The van der Waals surface area contributed by atoms with Crippen molar-refractivity contribution in [2.75, 3.05) is 25.6 Å². The maximum atomic E-state index is 12.0. The van der Waals surface area contributed by atoms with Crippen molar-refractivity contribution in [2.24, 2.45) is 0 Å². The maximum absolute atomic E-state index is 12.0. The van der Waals surface area contributed by atoms with Crippen LogP contribution >= 0.6 is 0 Å². The van der Waals surface area contributed by atoms with E-state index in [4.69, 9.17) is 9.47 Å². The highest BCUT2D eigenvalue weighted by Crippen LogP contribution is 2.23. The third kappa shape index (κ3) is 5.47. The molecule has 2 amide bonds. The largest absolute Gasteiger partial charge is 0.507 e. The number of para-hydroxylation sites is 1. The number of methoxy groups -OCH3 is 1. The van der Waals surface area contributed by atoms with E-state index in [0.29, 0.717) is 11.4 Å². The number of carbonyl (C=O) groups excluding carboxylic acids is 3. The van der Waals surface area contributed by atoms with Crippen LogP contribution in [0.1, 0.15) is 21.5 Å². The van der Waals surface area contributed by atoms with Gasteiger partial charge in [0, 0.05) is 5.69 Å². The van der Waals surface area contributed by atoms with E-state index >= 15 is 0 Å². The Bertz CT molecular complexity index is 874. The predicted octanol–water partition coefficient (Wildman–Crippen LogP) is 1.93. The molecule has 8 nitrogen and oxygen atoms in total.